The smallest absolute Gasteiger partial charge is 0.141 e. The molecule has 0 aliphatic carbocycles. The lowest BCUT2D eigenvalue weighted by atomic mass is 10.1. The molecule has 0 aliphatic rings. The molecule has 1 unspecified atom stereocenters. The van der Waals surface area contributed by atoms with E-state index in [0.29, 0.717) is 28.8 Å². The van der Waals surface area contributed by atoms with Crippen LogP contribution in [0.5, 0.6) is 5.75 Å². The zero-order valence-electron chi connectivity index (χ0n) is 11.7. The van der Waals surface area contributed by atoms with Crippen molar-refractivity contribution in [3.63, 3.8) is 0 Å². The van der Waals surface area contributed by atoms with Crippen molar-refractivity contribution in [1.29, 1.82) is 0 Å². The maximum Gasteiger partial charge on any atom is 0.141 e. The summed E-state index contributed by atoms with van der Waals surface area (Å²) in [4.78, 5) is 2.12. The first-order valence-electron chi connectivity index (χ1n) is 6.41. The summed E-state index contributed by atoms with van der Waals surface area (Å²) in [5.74, 6) is 0.710. The molecule has 1 aromatic rings. The van der Waals surface area contributed by atoms with Crippen LogP contribution in [0.2, 0.25) is 10.0 Å². The van der Waals surface area contributed by atoms with Crippen LogP contribution >= 0.6 is 23.2 Å². The number of rotatable bonds is 7. The van der Waals surface area contributed by atoms with Crippen molar-refractivity contribution in [1.82, 2.24) is 4.90 Å². The molecule has 0 spiro atoms. The lowest BCUT2D eigenvalue weighted by Gasteiger charge is -2.16. The molecule has 108 valence electrons. The van der Waals surface area contributed by atoms with Gasteiger partial charge in [0.2, 0.25) is 0 Å². The van der Waals surface area contributed by atoms with Gasteiger partial charge in [-0.05, 0) is 51.6 Å². The highest BCUT2D eigenvalue weighted by Crippen LogP contribution is 2.33. The Labute approximate surface area is 125 Å². The molecular formula is C14H22Cl2N2O. The first-order chi connectivity index (χ1) is 8.90. The molecular weight excluding hydrogens is 283 g/mol. The number of ether oxygens (including phenoxy) is 1. The maximum absolute atomic E-state index is 6.20. The van der Waals surface area contributed by atoms with Gasteiger partial charge in [-0.2, -0.15) is 0 Å². The summed E-state index contributed by atoms with van der Waals surface area (Å²) < 4.78 is 5.80. The second kappa shape index (κ2) is 7.95. The third-order valence-corrected chi connectivity index (χ3v) is 3.12. The molecule has 0 aromatic heterocycles. The molecule has 0 heterocycles. The van der Waals surface area contributed by atoms with E-state index in [1.54, 1.807) is 6.07 Å². The molecule has 3 nitrogen and oxygen atoms in total. The largest absolute Gasteiger partial charge is 0.492 e. The fourth-order valence-electron chi connectivity index (χ4n) is 1.83. The van der Waals surface area contributed by atoms with Crippen molar-refractivity contribution in [3.8, 4) is 5.75 Å². The van der Waals surface area contributed by atoms with E-state index >= 15 is 0 Å². The van der Waals surface area contributed by atoms with Crippen molar-refractivity contribution < 1.29 is 4.74 Å². The molecule has 1 rings (SSSR count). The molecule has 0 fully saturated rings. The van der Waals surface area contributed by atoms with Crippen LogP contribution in [0.4, 0.5) is 0 Å². The summed E-state index contributed by atoms with van der Waals surface area (Å²) in [6.45, 7) is 3.56. The van der Waals surface area contributed by atoms with Gasteiger partial charge in [0.1, 0.15) is 5.75 Å². The van der Waals surface area contributed by atoms with Crippen molar-refractivity contribution >= 4 is 23.2 Å². The quantitative estimate of drug-likeness (QED) is 0.786. The Bertz CT molecular complexity index is 409. The Morgan fingerprint density at radius 1 is 1.32 bits per heavy atom. The highest BCUT2D eigenvalue weighted by Gasteiger charge is 2.12. The monoisotopic (exact) mass is 304 g/mol. The standard InChI is InChI=1S/C14H22Cl2N2O/c1-10(17)7-11-8-12(15)9-13(16)14(11)19-6-4-5-18(2)3/h8-10H,4-7,17H2,1-3H3. The first kappa shape index (κ1) is 16.6. The van der Waals surface area contributed by atoms with E-state index in [-0.39, 0.29) is 6.04 Å². The van der Waals surface area contributed by atoms with Gasteiger partial charge in [-0.25, -0.2) is 0 Å². The van der Waals surface area contributed by atoms with Gasteiger partial charge >= 0.3 is 0 Å². The second-order valence-electron chi connectivity index (χ2n) is 5.06. The fraction of sp³-hybridized carbons (Fsp3) is 0.571. The van der Waals surface area contributed by atoms with Crippen molar-refractivity contribution in [2.45, 2.75) is 25.8 Å². The van der Waals surface area contributed by atoms with E-state index in [1.807, 2.05) is 27.1 Å². The zero-order chi connectivity index (χ0) is 14.4. The molecule has 0 amide bonds. The summed E-state index contributed by atoms with van der Waals surface area (Å²) in [5, 5.41) is 1.16. The van der Waals surface area contributed by atoms with E-state index in [2.05, 4.69) is 4.90 Å². The van der Waals surface area contributed by atoms with Gasteiger partial charge in [0.05, 0.1) is 11.6 Å². The Balaban J connectivity index is 2.74. The molecule has 19 heavy (non-hydrogen) atoms. The van der Waals surface area contributed by atoms with Gasteiger partial charge in [-0.15, -0.1) is 0 Å². The summed E-state index contributed by atoms with van der Waals surface area (Å²) >= 11 is 12.2. The zero-order valence-corrected chi connectivity index (χ0v) is 13.3. The number of nitrogens with zero attached hydrogens (tertiary/aromatic N) is 1. The van der Waals surface area contributed by atoms with Gasteiger partial charge in [-0.1, -0.05) is 23.2 Å². The van der Waals surface area contributed by atoms with Crippen LogP contribution in [-0.2, 0) is 6.42 Å². The molecule has 0 saturated carbocycles. The summed E-state index contributed by atoms with van der Waals surface area (Å²) in [6, 6.07) is 3.62. The highest BCUT2D eigenvalue weighted by atomic mass is 35.5. The highest BCUT2D eigenvalue weighted by molar-refractivity contribution is 6.35. The second-order valence-corrected chi connectivity index (χ2v) is 5.91. The number of hydrogen-bond donors (Lipinski definition) is 1. The minimum Gasteiger partial charge on any atom is -0.492 e. The fourth-order valence-corrected chi connectivity index (χ4v) is 2.42. The van der Waals surface area contributed by atoms with E-state index < -0.39 is 0 Å². The predicted molar refractivity (Wildman–Crippen MR) is 82.5 cm³/mol. The minimum absolute atomic E-state index is 0.0404. The van der Waals surface area contributed by atoms with Crippen LogP contribution in [0, 0.1) is 0 Å². The summed E-state index contributed by atoms with van der Waals surface area (Å²) in [5.41, 5.74) is 6.81. The lowest BCUT2D eigenvalue weighted by Crippen LogP contribution is -2.19. The van der Waals surface area contributed by atoms with E-state index in [9.17, 15) is 0 Å². The molecule has 0 bridgehead atoms. The minimum atomic E-state index is 0.0404. The Morgan fingerprint density at radius 3 is 2.58 bits per heavy atom. The number of hydrogen-bond acceptors (Lipinski definition) is 3. The van der Waals surface area contributed by atoms with E-state index in [1.165, 1.54) is 0 Å². The van der Waals surface area contributed by atoms with Crippen LogP contribution in [0.1, 0.15) is 18.9 Å². The summed E-state index contributed by atoms with van der Waals surface area (Å²) in [7, 11) is 4.08. The molecule has 0 aliphatic heterocycles. The van der Waals surface area contributed by atoms with E-state index in [4.69, 9.17) is 33.7 Å². The number of benzene rings is 1. The number of nitrogens with two attached hydrogens (primary N) is 1. The summed E-state index contributed by atoms with van der Waals surface area (Å²) in [6.07, 6.45) is 1.65. The van der Waals surface area contributed by atoms with Gasteiger partial charge < -0.3 is 15.4 Å². The van der Waals surface area contributed by atoms with Gasteiger partial charge in [-0.3, -0.25) is 0 Å². The van der Waals surface area contributed by atoms with Crippen LogP contribution in [0.15, 0.2) is 12.1 Å². The predicted octanol–water partition coefficient (Wildman–Crippen LogP) is 3.21. The molecule has 0 saturated heterocycles. The van der Waals surface area contributed by atoms with Gasteiger partial charge in [0, 0.05) is 17.6 Å². The molecule has 1 atom stereocenters. The average molecular weight is 305 g/mol. The molecule has 5 heteroatoms. The Kier molecular flexibility index (Phi) is 6.94. The van der Waals surface area contributed by atoms with Crippen molar-refractivity contribution in [2.75, 3.05) is 27.2 Å². The topological polar surface area (TPSA) is 38.5 Å². The van der Waals surface area contributed by atoms with Crippen LogP contribution < -0.4 is 10.5 Å². The van der Waals surface area contributed by atoms with Crippen LogP contribution in [-0.4, -0.2) is 38.2 Å². The molecule has 1 aromatic carbocycles. The third-order valence-electron chi connectivity index (χ3n) is 2.62. The van der Waals surface area contributed by atoms with E-state index in [0.717, 1.165) is 18.5 Å². The van der Waals surface area contributed by atoms with Crippen LogP contribution in [0.25, 0.3) is 0 Å². The number of halogens is 2. The lowest BCUT2D eigenvalue weighted by molar-refractivity contribution is 0.279. The van der Waals surface area contributed by atoms with Crippen molar-refractivity contribution in [3.05, 3.63) is 27.7 Å². The van der Waals surface area contributed by atoms with Gasteiger partial charge in [0.15, 0.2) is 0 Å². The van der Waals surface area contributed by atoms with Crippen LogP contribution in [0.3, 0.4) is 0 Å². The Hall–Kier alpha value is -0.480. The SMILES string of the molecule is CC(N)Cc1cc(Cl)cc(Cl)c1OCCCN(C)C. The maximum atomic E-state index is 6.20. The molecule has 2 N–H and O–H groups in total. The first-order valence-corrected chi connectivity index (χ1v) is 7.16. The van der Waals surface area contributed by atoms with Crippen molar-refractivity contribution in [2.24, 2.45) is 5.73 Å². The van der Waals surface area contributed by atoms with Gasteiger partial charge in [0.25, 0.3) is 0 Å². The average Bonchev–Trinajstić information content (AvgIpc) is 2.25. The Morgan fingerprint density at radius 2 is 2.00 bits per heavy atom. The normalized spacial score (nSPS) is 12.8. The third kappa shape index (κ3) is 6.00. The molecule has 0 radical (unpaired) electrons.